The first kappa shape index (κ1) is 14.0. The first-order chi connectivity index (χ1) is 9.19. The van der Waals surface area contributed by atoms with Crippen molar-refractivity contribution in [2.24, 2.45) is 0 Å². The molecular weight excluding hydrogens is 309 g/mol. The van der Waals surface area contributed by atoms with Crippen LogP contribution in [0.1, 0.15) is 11.1 Å². The maximum Gasteiger partial charge on any atom is 0.128 e. The molecule has 2 rings (SSSR count). The number of benzene rings is 2. The first-order valence-corrected chi connectivity index (χ1v) is 6.76. The van der Waals surface area contributed by atoms with Gasteiger partial charge in [0.15, 0.2) is 0 Å². The maximum atomic E-state index is 13.6. The second-order valence-corrected chi connectivity index (χ2v) is 5.10. The second-order valence-electron chi connectivity index (χ2n) is 4.19. The Hall–Kier alpha value is -1.39. The summed E-state index contributed by atoms with van der Waals surface area (Å²) >= 11 is 3.24. The van der Waals surface area contributed by atoms with Crippen molar-refractivity contribution >= 4 is 15.9 Å². The molecule has 0 saturated carbocycles. The molecule has 19 heavy (non-hydrogen) atoms. The van der Waals surface area contributed by atoms with E-state index in [0.717, 1.165) is 15.8 Å². The highest BCUT2D eigenvalue weighted by Gasteiger charge is 2.02. The van der Waals surface area contributed by atoms with Crippen LogP contribution in [-0.4, -0.2) is 7.11 Å². The molecule has 0 atom stereocenters. The molecule has 4 heteroatoms. The molecule has 0 amide bonds. The Labute approximate surface area is 120 Å². The molecular formula is C15H15BrFNO. The lowest BCUT2D eigenvalue weighted by Gasteiger charge is -2.07. The standard InChI is InChI=1S/C15H15BrFNO/c1-19-14-6-2-11(3-7-14)9-18-10-12-4-5-13(16)8-15(12)17/h2-8,18H,9-10H2,1H3. The molecule has 2 aromatic carbocycles. The van der Waals surface area contributed by atoms with Gasteiger partial charge in [0, 0.05) is 23.1 Å². The van der Waals surface area contributed by atoms with E-state index in [9.17, 15) is 4.39 Å². The summed E-state index contributed by atoms with van der Waals surface area (Å²) in [5, 5.41) is 3.22. The van der Waals surface area contributed by atoms with E-state index in [2.05, 4.69) is 21.2 Å². The molecule has 0 fully saturated rings. The molecule has 0 spiro atoms. The fourth-order valence-corrected chi connectivity index (χ4v) is 2.08. The highest BCUT2D eigenvalue weighted by Crippen LogP contribution is 2.15. The van der Waals surface area contributed by atoms with Gasteiger partial charge >= 0.3 is 0 Å². The zero-order valence-corrected chi connectivity index (χ0v) is 12.2. The van der Waals surface area contributed by atoms with E-state index in [1.54, 1.807) is 13.2 Å². The summed E-state index contributed by atoms with van der Waals surface area (Å²) in [4.78, 5) is 0. The lowest BCUT2D eigenvalue weighted by molar-refractivity contribution is 0.414. The molecule has 0 radical (unpaired) electrons. The van der Waals surface area contributed by atoms with Gasteiger partial charge in [-0.3, -0.25) is 0 Å². The summed E-state index contributed by atoms with van der Waals surface area (Å²) in [6.45, 7) is 1.20. The Kier molecular flexibility index (Phi) is 4.93. The summed E-state index contributed by atoms with van der Waals surface area (Å²) in [6.07, 6.45) is 0. The van der Waals surface area contributed by atoms with Gasteiger partial charge in [-0.1, -0.05) is 34.1 Å². The number of halogens is 2. The van der Waals surface area contributed by atoms with Crippen molar-refractivity contribution in [3.05, 3.63) is 63.9 Å². The minimum atomic E-state index is -0.198. The summed E-state index contributed by atoms with van der Waals surface area (Å²) in [7, 11) is 1.64. The highest BCUT2D eigenvalue weighted by molar-refractivity contribution is 9.10. The number of rotatable bonds is 5. The van der Waals surface area contributed by atoms with E-state index in [1.807, 2.05) is 30.3 Å². The zero-order valence-electron chi connectivity index (χ0n) is 10.6. The average molecular weight is 324 g/mol. The number of hydrogen-bond acceptors (Lipinski definition) is 2. The van der Waals surface area contributed by atoms with E-state index in [0.29, 0.717) is 18.7 Å². The molecule has 0 aliphatic rings. The molecule has 0 bridgehead atoms. The van der Waals surface area contributed by atoms with Crippen molar-refractivity contribution in [1.29, 1.82) is 0 Å². The van der Waals surface area contributed by atoms with Crippen LogP contribution in [0.15, 0.2) is 46.9 Å². The number of ether oxygens (including phenoxy) is 1. The van der Waals surface area contributed by atoms with Crippen LogP contribution >= 0.6 is 15.9 Å². The third kappa shape index (κ3) is 4.04. The van der Waals surface area contributed by atoms with Gasteiger partial charge in [0.05, 0.1) is 7.11 Å². The van der Waals surface area contributed by atoms with Crippen LogP contribution in [-0.2, 0) is 13.1 Å². The van der Waals surface area contributed by atoms with E-state index < -0.39 is 0 Å². The van der Waals surface area contributed by atoms with Crippen LogP contribution in [0.3, 0.4) is 0 Å². The smallest absolute Gasteiger partial charge is 0.128 e. The first-order valence-electron chi connectivity index (χ1n) is 5.96. The summed E-state index contributed by atoms with van der Waals surface area (Å²) in [5.41, 5.74) is 1.80. The fourth-order valence-electron chi connectivity index (χ4n) is 1.75. The minimum Gasteiger partial charge on any atom is -0.497 e. The van der Waals surface area contributed by atoms with E-state index in [-0.39, 0.29) is 5.82 Å². The van der Waals surface area contributed by atoms with Crippen molar-refractivity contribution < 1.29 is 9.13 Å². The Bertz CT molecular complexity index is 542. The van der Waals surface area contributed by atoms with Crippen LogP contribution in [0.5, 0.6) is 5.75 Å². The van der Waals surface area contributed by atoms with Crippen LogP contribution in [0.4, 0.5) is 4.39 Å². The highest BCUT2D eigenvalue weighted by atomic mass is 79.9. The van der Waals surface area contributed by atoms with Crippen molar-refractivity contribution in [1.82, 2.24) is 5.32 Å². The summed E-state index contributed by atoms with van der Waals surface area (Å²) in [5.74, 6) is 0.638. The maximum absolute atomic E-state index is 13.6. The van der Waals surface area contributed by atoms with Crippen molar-refractivity contribution in [2.75, 3.05) is 7.11 Å². The van der Waals surface area contributed by atoms with Gasteiger partial charge in [0.2, 0.25) is 0 Å². The molecule has 0 aliphatic heterocycles. The molecule has 0 aliphatic carbocycles. The van der Waals surface area contributed by atoms with Crippen LogP contribution in [0.2, 0.25) is 0 Å². The van der Waals surface area contributed by atoms with Crippen molar-refractivity contribution in [3.8, 4) is 5.75 Å². The van der Waals surface area contributed by atoms with Crippen molar-refractivity contribution in [2.45, 2.75) is 13.1 Å². The van der Waals surface area contributed by atoms with Crippen LogP contribution < -0.4 is 10.1 Å². The molecule has 0 heterocycles. The Morgan fingerprint density at radius 2 is 1.84 bits per heavy atom. The molecule has 0 unspecified atom stereocenters. The number of methoxy groups -OCH3 is 1. The largest absolute Gasteiger partial charge is 0.497 e. The van der Waals surface area contributed by atoms with E-state index in [4.69, 9.17) is 4.74 Å². The van der Waals surface area contributed by atoms with Gasteiger partial charge < -0.3 is 10.1 Å². The summed E-state index contributed by atoms with van der Waals surface area (Å²) < 4.78 is 19.4. The molecule has 2 aromatic rings. The fraction of sp³-hybridized carbons (Fsp3) is 0.200. The van der Waals surface area contributed by atoms with Gasteiger partial charge in [-0.15, -0.1) is 0 Å². The van der Waals surface area contributed by atoms with Gasteiger partial charge in [-0.05, 0) is 29.8 Å². The molecule has 100 valence electrons. The predicted octanol–water partition coefficient (Wildman–Crippen LogP) is 3.89. The van der Waals surface area contributed by atoms with E-state index in [1.165, 1.54) is 6.07 Å². The quantitative estimate of drug-likeness (QED) is 0.901. The molecule has 0 saturated heterocycles. The Balaban J connectivity index is 1.88. The van der Waals surface area contributed by atoms with E-state index >= 15 is 0 Å². The molecule has 0 aromatic heterocycles. The van der Waals surface area contributed by atoms with Crippen LogP contribution in [0, 0.1) is 5.82 Å². The van der Waals surface area contributed by atoms with Gasteiger partial charge in [0.1, 0.15) is 11.6 Å². The van der Waals surface area contributed by atoms with Gasteiger partial charge in [-0.2, -0.15) is 0 Å². The minimum absolute atomic E-state index is 0.198. The lowest BCUT2D eigenvalue weighted by Crippen LogP contribution is -2.13. The zero-order chi connectivity index (χ0) is 13.7. The lowest BCUT2D eigenvalue weighted by atomic mass is 10.2. The topological polar surface area (TPSA) is 21.3 Å². The molecule has 2 nitrogen and oxygen atoms in total. The molecule has 1 N–H and O–H groups in total. The Morgan fingerprint density at radius 3 is 2.47 bits per heavy atom. The number of hydrogen-bond donors (Lipinski definition) is 1. The third-order valence-electron chi connectivity index (χ3n) is 2.82. The monoisotopic (exact) mass is 323 g/mol. The third-order valence-corrected chi connectivity index (χ3v) is 3.31. The normalized spacial score (nSPS) is 10.5. The van der Waals surface area contributed by atoms with Crippen LogP contribution in [0.25, 0.3) is 0 Å². The second kappa shape index (κ2) is 6.68. The van der Waals surface area contributed by atoms with Gasteiger partial charge in [-0.25, -0.2) is 4.39 Å². The predicted molar refractivity (Wildman–Crippen MR) is 77.6 cm³/mol. The van der Waals surface area contributed by atoms with Gasteiger partial charge in [0.25, 0.3) is 0 Å². The Morgan fingerprint density at radius 1 is 1.11 bits per heavy atom. The SMILES string of the molecule is COc1ccc(CNCc2ccc(Br)cc2F)cc1. The average Bonchev–Trinajstić information content (AvgIpc) is 2.42. The number of nitrogens with one attached hydrogen (secondary N) is 1. The summed E-state index contributed by atoms with van der Waals surface area (Å²) in [6, 6.07) is 12.9. The van der Waals surface area contributed by atoms with Crippen molar-refractivity contribution in [3.63, 3.8) is 0 Å².